The normalized spacial score (nSPS) is 13.3. The average molecular weight is 503 g/mol. The van der Waals surface area contributed by atoms with Crippen molar-refractivity contribution in [1.29, 1.82) is 0 Å². The van der Waals surface area contributed by atoms with Crippen LogP contribution in [0.4, 0.5) is 11.8 Å². The van der Waals surface area contributed by atoms with Gasteiger partial charge in [-0.15, -0.1) is 0 Å². The number of aromatic nitrogens is 3. The van der Waals surface area contributed by atoms with Crippen LogP contribution in [-0.2, 0) is 16.6 Å². The Morgan fingerprint density at radius 1 is 1.11 bits per heavy atom. The van der Waals surface area contributed by atoms with Crippen LogP contribution in [-0.4, -0.2) is 55.9 Å². The van der Waals surface area contributed by atoms with Crippen LogP contribution in [0.25, 0.3) is 11.0 Å². The van der Waals surface area contributed by atoms with E-state index in [4.69, 9.17) is 14.5 Å². The predicted octanol–water partition coefficient (Wildman–Crippen LogP) is 3.56. The van der Waals surface area contributed by atoms with Crippen LogP contribution in [0.15, 0.2) is 36.5 Å². The summed E-state index contributed by atoms with van der Waals surface area (Å²) in [6.45, 7) is 4.73. The van der Waals surface area contributed by atoms with Gasteiger partial charge in [0.1, 0.15) is 17.0 Å². The van der Waals surface area contributed by atoms with Crippen molar-refractivity contribution < 1.29 is 17.9 Å². The van der Waals surface area contributed by atoms with Crippen LogP contribution in [0.2, 0.25) is 0 Å². The van der Waals surface area contributed by atoms with E-state index in [-0.39, 0.29) is 6.54 Å². The highest BCUT2D eigenvalue weighted by atomic mass is 32.2. The van der Waals surface area contributed by atoms with Crippen LogP contribution < -0.4 is 24.8 Å². The zero-order valence-corrected chi connectivity index (χ0v) is 21.7. The standard InChI is InChI=1S/C24H34N6O4S/c1-6-7-12-24(2,16-27-35(5,31)32)30-22-21-19(9-8-13-25-21)28-23(29-22)26-15-17-10-11-18(33-3)14-20(17)34-4/h8-11,13-14,27H,6-7,12,15-16H2,1-5H3,(H2,26,28,29,30)/t24-/m0/s1. The first-order chi connectivity index (χ1) is 16.7. The van der Waals surface area contributed by atoms with E-state index in [1.807, 2.05) is 37.3 Å². The van der Waals surface area contributed by atoms with Crippen LogP contribution >= 0.6 is 0 Å². The molecule has 3 N–H and O–H groups in total. The van der Waals surface area contributed by atoms with Gasteiger partial charge in [-0.05, 0) is 37.6 Å². The Morgan fingerprint density at radius 2 is 1.91 bits per heavy atom. The number of nitrogens with zero attached hydrogens (tertiary/aromatic N) is 3. The van der Waals surface area contributed by atoms with Gasteiger partial charge in [-0.1, -0.05) is 19.8 Å². The van der Waals surface area contributed by atoms with E-state index in [0.717, 1.165) is 31.1 Å². The molecule has 0 radical (unpaired) electrons. The number of hydrogen-bond acceptors (Lipinski definition) is 9. The first-order valence-electron chi connectivity index (χ1n) is 11.5. The van der Waals surface area contributed by atoms with Gasteiger partial charge >= 0.3 is 0 Å². The van der Waals surface area contributed by atoms with E-state index >= 15 is 0 Å². The largest absolute Gasteiger partial charge is 0.497 e. The smallest absolute Gasteiger partial charge is 0.225 e. The van der Waals surface area contributed by atoms with E-state index < -0.39 is 15.6 Å². The van der Waals surface area contributed by atoms with Crippen molar-refractivity contribution in [2.45, 2.75) is 45.2 Å². The Hall–Kier alpha value is -3.18. The molecule has 0 aliphatic carbocycles. The van der Waals surface area contributed by atoms with Crippen LogP contribution in [0.3, 0.4) is 0 Å². The fourth-order valence-electron chi connectivity index (χ4n) is 3.64. The van der Waals surface area contributed by atoms with Gasteiger partial charge in [0.05, 0.1) is 26.0 Å². The van der Waals surface area contributed by atoms with Crippen molar-refractivity contribution in [2.75, 3.05) is 37.7 Å². The van der Waals surface area contributed by atoms with Gasteiger partial charge in [-0.3, -0.25) is 4.98 Å². The van der Waals surface area contributed by atoms with Crippen LogP contribution in [0.1, 0.15) is 38.7 Å². The van der Waals surface area contributed by atoms with E-state index in [1.165, 1.54) is 0 Å². The molecule has 0 bridgehead atoms. The third-order valence-electron chi connectivity index (χ3n) is 5.61. The summed E-state index contributed by atoms with van der Waals surface area (Å²) in [6.07, 6.45) is 5.49. The second-order valence-corrected chi connectivity index (χ2v) is 10.5. The van der Waals surface area contributed by atoms with Crippen molar-refractivity contribution in [2.24, 2.45) is 0 Å². The Morgan fingerprint density at radius 3 is 2.60 bits per heavy atom. The maximum absolute atomic E-state index is 11.8. The minimum Gasteiger partial charge on any atom is -0.497 e. The molecule has 2 aromatic heterocycles. The molecule has 0 spiro atoms. The van der Waals surface area contributed by atoms with Crippen molar-refractivity contribution in [3.8, 4) is 11.5 Å². The molecule has 0 aliphatic heterocycles. The zero-order chi connectivity index (χ0) is 25.5. The number of hydrogen-bond donors (Lipinski definition) is 3. The quantitative estimate of drug-likeness (QED) is 0.321. The van der Waals surface area contributed by atoms with Crippen LogP contribution in [0.5, 0.6) is 11.5 Å². The summed E-state index contributed by atoms with van der Waals surface area (Å²) in [4.78, 5) is 13.8. The number of methoxy groups -OCH3 is 2. The molecule has 1 atom stereocenters. The summed E-state index contributed by atoms with van der Waals surface area (Å²) in [7, 11) is -0.127. The summed E-state index contributed by atoms with van der Waals surface area (Å²) in [5.41, 5.74) is 1.63. The first kappa shape index (κ1) is 26.4. The maximum atomic E-state index is 11.8. The number of benzene rings is 1. The van der Waals surface area contributed by atoms with Gasteiger partial charge in [-0.2, -0.15) is 4.98 Å². The third-order valence-corrected chi connectivity index (χ3v) is 6.28. The topological polar surface area (TPSA) is 127 Å². The van der Waals surface area contributed by atoms with Gasteiger partial charge in [0.25, 0.3) is 0 Å². The minimum absolute atomic E-state index is 0.218. The number of rotatable bonds is 13. The third kappa shape index (κ3) is 7.40. The Labute approximate surface area is 206 Å². The number of pyridine rings is 1. The first-order valence-corrected chi connectivity index (χ1v) is 13.4. The molecule has 1 aromatic carbocycles. The van der Waals surface area contributed by atoms with Crippen molar-refractivity contribution in [3.05, 3.63) is 42.1 Å². The summed E-state index contributed by atoms with van der Waals surface area (Å²) in [6, 6.07) is 9.29. The summed E-state index contributed by atoms with van der Waals surface area (Å²) in [5.74, 6) is 2.35. The number of sulfonamides is 1. The lowest BCUT2D eigenvalue weighted by Crippen LogP contribution is -2.46. The molecule has 0 amide bonds. The fourth-order valence-corrected chi connectivity index (χ4v) is 4.22. The predicted molar refractivity (Wildman–Crippen MR) is 139 cm³/mol. The molecule has 190 valence electrons. The van der Waals surface area contributed by atoms with E-state index in [0.29, 0.717) is 40.8 Å². The van der Waals surface area contributed by atoms with E-state index in [1.54, 1.807) is 20.4 Å². The van der Waals surface area contributed by atoms with Gasteiger partial charge in [0.2, 0.25) is 16.0 Å². The number of ether oxygens (including phenoxy) is 2. The SMILES string of the molecule is CCCC[C@@](C)(CNS(C)(=O)=O)Nc1nc(NCc2ccc(OC)cc2OC)nc2cccnc12. The fraction of sp³-hybridized carbons (Fsp3) is 0.458. The van der Waals surface area contributed by atoms with E-state index in [2.05, 4.69) is 32.2 Å². The van der Waals surface area contributed by atoms with Gasteiger partial charge < -0.3 is 20.1 Å². The summed E-state index contributed by atoms with van der Waals surface area (Å²) in [5, 5.41) is 6.73. The molecule has 11 heteroatoms. The Kier molecular flexibility index (Phi) is 8.68. The van der Waals surface area contributed by atoms with Crippen LogP contribution in [0, 0.1) is 0 Å². The summed E-state index contributed by atoms with van der Waals surface area (Å²) < 4.78 is 36.9. The highest BCUT2D eigenvalue weighted by Crippen LogP contribution is 2.28. The zero-order valence-electron chi connectivity index (χ0n) is 20.9. The Balaban J connectivity index is 1.91. The molecule has 0 aliphatic rings. The highest BCUT2D eigenvalue weighted by molar-refractivity contribution is 7.88. The lowest BCUT2D eigenvalue weighted by molar-refractivity contribution is 0.391. The summed E-state index contributed by atoms with van der Waals surface area (Å²) >= 11 is 0. The second kappa shape index (κ2) is 11.5. The van der Waals surface area contributed by atoms with Crippen molar-refractivity contribution >= 4 is 32.8 Å². The molecule has 3 aromatic rings. The number of anilines is 2. The number of nitrogens with one attached hydrogen (secondary N) is 3. The molecule has 0 fully saturated rings. The van der Waals surface area contributed by atoms with Crippen molar-refractivity contribution in [3.63, 3.8) is 0 Å². The van der Waals surface area contributed by atoms with E-state index in [9.17, 15) is 8.42 Å². The van der Waals surface area contributed by atoms with Gasteiger partial charge in [0, 0.05) is 36.5 Å². The number of fused-ring (bicyclic) bond motifs is 1. The lowest BCUT2D eigenvalue weighted by atomic mass is 9.95. The lowest BCUT2D eigenvalue weighted by Gasteiger charge is -2.32. The minimum atomic E-state index is -3.35. The molecule has 0 saturated carbocycles. The Bertz CT molecular complexity index is 1250. The average Bonchev–Trinajstić information content (AvgIpc) is 2.84. The molecule has 3 rings (SSSR count). The molecule has 35 heavy (non-hydrogen) atoms. The molecule has 0 saturated heterocycles. The van der Waals surface area contributed by atoms with Gasteiger partial charge in [-0.25, -0.2) is 18.1 Å². The maximum Gasteiger partial charge on any atom is 0.225 e. The molecular formula is C24H34N6O4S. The molecule has 2 heterocycles. The van der Waals surface area contributed by atoms with Crippen molar-refractivity contribution in [1.82, 2.24) is 19.7 Å². The monoisotopic (exact) mass is 502 g/mol. The van der Waals surface area contributed by atoms with Gasteiger partial charge in [0.15, 0.2) is 5.82 Å². The highest BCUT2D eigenvalue weighted by Gasteiger charge is 2.27. The molecule has 10 nitrogen and oxygen atoms in total. The molecular weight excluding hydrogens is 468 g/mol. The second-order valence-electron chi connectivity index (χ2n) is 8.68. The number of unbranched alkanes of at least 4 members (excludes halogenated alkanes) is 1. The molecule has 0 unspecified atom stereocenters.